The maximum atomic E-state index is 10.7. The number of carbonyl (C=O) groups is 1. The first-order valence-electron chi connectivity index (χ1n) is 5.88. The zero-order chi connectivity index (χ0) is 12.5. The van der Waals surface area contributed by atoms with Gasteiger partial charge < -0.3 is 9.52 Å². The highest BCUT2D eigenvalue weighted by Gasteiger charge is 2.24. The van der Waals surface area contributed by atoms with Crippen molar-refractivity contribution in [3.63, 3.8) is 0 Å². The molecule has 1 aliphatic carbocycles. The average Bonchev–Trinajstić information content (AvgIpc) is 3.05. The lowest BCUT2D eigenvalue weighted by Crippen LogP contribution is -1.94. The van der Waals surface area contributed by atoms with Crippen molar-refractivity contribution in [3.05, 3.63) is 35.7 Å². The molecule has 1 fully saturated rings. The van der Waals surface area contributed by atoms with E-state index in [4.69, 9.17) is 9.52 Å². The zero-order valence-corrected chi connectivity index (χ0v) is 9.67. The first kappa shape index (κ1) is 11.0. The van der Waals surface area contributed by atoms with Gasteiger partial charge >= 0.3 is 5.97 Å². The van der Waals surface area contributed by atoms with E-state index in [1.54, 1.807) is 12.1 Å². The number of benzene rings is 1. The molecule has 0 saturated heterocycles. The summed E-state index contributed by atoms with van der Waals surface area (Å²) in [5, 5.41) is 16.8. The van der Waals surface area contributed by atoms with Crippen molar-refractivity contribution in [1.29, 1.82) is 0 Å². The number of hydrogen-bond donors (Lipinski definition) is 1. The van der Waals surface area contributed by atoms with Gasteiger partial charge in [0, 0.05) is 12.0 Å². The van der Waals surface area contributed by atoms with Gasteiger partial charge in [0.15, 0.2) is 0 Å². The molecule has 0 bridgehead atoms. The average molecular weight is 244 g/mol. The second-order valence-corrected chi connectivity index (χ2v) is 4.53. The molecule has 5 heteroatoms. The van der Waals surface area contributed by atoms with E-state index in [9.17, 15) is 4.79 Å². The normalized spacial score (nSPS) is 14.7. The second-order valence-electron chi connectivity index (χ2n) is 4.53. The molecule has 2 aromatic rings. The van der Waals surface area contributed by atoms with Crippen LogP contribution in [0.2, 0.25) is 0 Å². The third-order valence-electron chi connectivity index (χ3n) is 3.01. The Hall–Kier alpha value is -2.17. The number of aromatic nitrogens is 2. The van der Waals surface area contributed by atoms with Crippen LogP contribution in [0.3, 0.4) is 0 Å². The SMILES string of the molecule is O=C(O)c1ccc(-c2nnc(CC3CC3)o2)cc1. The summed E-state index contributed by atoms with van der Waals surface area (Å²) in [5.41, 5.74) is 0.992. The molecule has 1 aliphatic rings. The predicted molar refractivity (Wildman–Crippen MR) is 63.1 cm³/mol. The standard InChI is InChI=1S/C13H12N2O3/c16-13(17)10-5-3-9(4-6-10)12-15-14-11(18-12)7-8-1-2-8/h3-6,8H,1-2,7H2,(H,16,17). The molecule has 0 atom stereocenters. The van der Waals surface area contributed by atoms with Gasteiger partial charge in [-0.05, 0) is 43.0 Å². The number of nitrogens with zero attached hydrogens (tertiary/aromatic N) is 2. The minimum Gasteiger partial charge on any atom is -0.478 e. The highest BCUT2D eigenvalue weighted by atomic mass is 16.4. The predicted octanol–water partition coefficient (Wildman–Crippen LogP) is 2.39. The molecule has 0 unspecified atom stereocenters. The van der Waals surface area contributed by atoms with E-state index in [1.807, 2.05) is 0 Å². The molecule has 1 saturated carbocycles. The largest absolute Gasteiger partial charge is 0.478 e. The Morgan fingerprint density at radius 1 is 1.28 bits per heavy atom. The van der Waals surface area contributed by atoms with E-state index in [1.165, 1.54) is 25.0 Å². The highest BCUT2D eigenvalue weighted by Crippen LogP contribution is 2.32. The van der Waals surface area contributed by atoms with Gasteiger partial charge in [0.2, 0.25) is 11.8 Å². The van der Waals surface area contributed by atoms with Crippen LogP contribution in [-0.4, -0.2) is 21.3 Å². The van der Waals surface area contributed by atoms with E-state index >= 15 is 0 Å². The molecule has 5 nitrogen and oxygen atoms in total. The van der Waals surface area contributed by atoms with Gasteiger partial charge in [-0.3, -0.25) is 0 Å². The third-order valence-corrected chi connectivity index (χ3v) is 3.01. The molecule has 1 aromatic carbocycles. The lowest BCUT2D eigenvalue weighted by molar-refractivity contribution is 0.0697. The van der Waals surface area contributed by atoms with E-state index < -0.39 is 5.97 Å². The Labute approximate surface area is 103 Å². The topological polar surface area (TPSA) is 76.2 Å². The van der Waals surface area contributed by atoms with E-state index in [2.05, 4.69) is 10.2 Å². The summed E-state index contributed by atoms with van der Waals surface area (Å²) in [7, 11) is 0. The number of carboxylic acid groups (broad SMARTS) is 1. The summed E-state index contributed by atoms with van der Waals surface area (Å²) in [6.07, 6.45) is 3.33. The van der Waals surface area contributed by atoms with Crippen LogP contribution >= 0.6 is 0 Å². The quantitative estimate of drug-likeness (QED) is 0.893. The van der Waals surface area contributed by atoms with Crippen LogP contribution in [0.25, 0.3) is 11.5 Å². The first-order chi connectivity index (χ1) is 8.72. The van der Waals surface area contributed by atoms with Crippen molar-refractivity contribution in [2.24, 2.45) is 5.92 Å². The van der Waals surface area contributed by atoms with Crippen molar-refractivity contribution in [2.75, 3.05) is 0 Å². The van der Waals surface area contributed by atoms with Gasteiger partial charge in [-0.15, -0.1) is 10.2 Å². The lowest BCUT2D eigenvalue weighted by Gasteiger charge is -1.96. The van der Waals surface area contributed by atoms with Crippen LogP contribution in [0.5, 0.6) is 0 Å². The van der Waals surface area contributed by atoms with E-state index in [0.717, 1.165) is 12.0 Å². The third kappa shape index (κ3) is 2.25. The van der Waals surface area contributed by atoms with E-state index in [0.29, 0.717) is 17.7 Å². The van der Waals surface area contributed by atoms with Crippen LogP contribution in [-0.2, 0) is 6.42 Å². The second kappa shape index (κ2) is 4.25. The Morgan fingerprint density at radius 2 is 2.00 bits per heavy atom. The van der Waals surface area contributed by atoms with Crippen LogP contribution in [0, 0.1) is 5.92 Å². The molecule has 3 rings (SSSR count). The summed E-state index contributed by atoms with van der Waals surface area (Å²) in [6, 6.07) is 6.42. The van der Waals surface area contributed by atoms with Crippen LogP contribution in [0.1, 0.15) is 29.1 Å². The summed E-state index contributed by atoms with van der Waals surface area (Å²) < 4.78 is 5.55. The summed E-state index contributed by atoms with van der Waals surface area (Å²) in [5.74, 6) is 0.867. The molecule has 1 heterocycles. The van der Waals surface area contributed by atoms with Gasteiger partial charge in [-0.2, -0.15) is 0 Å². The monoisotopic (exact) mass is 244 g/mol. The number of rotatable bonds is 4. The Balaban J connectivity index is 1.80. The van der Waals surface area contributed by atoms with Crippen molar-refractivity contribution >= 4 is 5.97 Å². The first-order valence-corrected chi connectivity index (χ1v) is 5.88. The maximum absolute atomic E-state index is 10.7. The van der Waals surface area contributed by atoms with Gasteiger partial charge in [0.1, 0.15) is 0 Å². The van der Waals surface area contributed by atoms with E-state index in [-0.39, 0.29) is 5.56 Å². The molecule has 0 aliphatic heterocycles. The fraction of sp³-hybridized carbons (Fsp3) is 0.308. The molecule has 92 valence electrons. The van der Waals surface area contributed by atoms with Crippen molar-refractivity contribution in [1.82, 2.24) is 10.2 Å². The van der Waals surface area contributed by atoms with Gasteiger partial charge in [0.25, 0.3) is 0 Å². The van der Waals surface area contributed by atoms with Gasteiger partial charge in [-0.25, -0.2) is 4.79 Å². The summed E-state index contributed by atoms with van der Waals surface area (Å²) in [6.45, 7) is 0. The number of carboxylic acids is 1. The molecular weight excluding hydrogens is 232 g/mol. The Morgan fingerprint density at radius 3 is 2.61 bits per heavy atom. The maximum Gasteiger partial charge on any atom is 0.335 e. The molecule has 1 aromatic heterocycles. The van der Waals surface area contributed by atoms with Crippen LogP contribution in [0.15, 0.2) is 28.7 Å². The van der Waals surface area contributed by atoms with Crippen molar-refractivity contribution in [3.8, 4) is 11.5 Å². The molecule has 0 spiro atoms. The van der Waals surface area contributed by atoms with Crippen molar-refractivity contribution < 1.29 is 14.3 Å². The van der Waals surface area contributed by atoms with Crippen molar-refractivity contribution in [2.45, 2.75) is 19.3 Å². The molecule has 1 N–H and O–H groups in total. The molecule has 0 radical (unpaired) electrons. The Kier molecular flexibility index (Phi) is 2.59. The van der Waals surface area contributed by atoms with Crippen LogP contribution < -0.4 is 0 Å². The molecule has 0 amide bonds. The zero-order valence-electron chi connectivity index (χ0n) is 9.67. The van der Waals surface area contributed by atoms with Gasteiger partial charge in [-0.1, -0.05) is 0 Å². The van der Waals surface area contributed by atoms with Crippen LogP contribution in [0.4, 0.5) is 0 Å². The minimum absolute atomic E-state index is 0.247. The Bertz CT molecular complexity index is 570. The van der Waals surface area contributed by atoms with Gasteiger partial charge in [0.05, 0.1) is 5.56 Å². The minimum atomic E-state index is -0.943. The molecular formula is C13H12N2O3. The lowest BCUT2D eigenvalue weighted by atomic mass is 10.1. The highest BCUT2D eigenvalue weighted by molar-refractivity contribution is 5.88. The summed E-state index contributed by atoms with van der Waals surface area (Å²) in [4.78, 5) is 10.7. The summed E-state index contributed by atoms with van der Waals surface area (Å²) >= 11 is 0. The smallest absolute Gasteiger partial charge is 0.335 e. The fourth-order valence-corrected chi connectivity index (χ4v) is 1.78. The fourth-order valence-electron chi connectivity index (χ4n) is 1.78. The molecule has 18 heavy (non-hydrogen) atoms. The number of hydrogen-bond acceptors (Lipinski definition) is 4. The number of aromatic carboxylic acids is 1.